The number of aromatic nitrogens is 4. The zero-order valence-electron chi connectivity index (χ0n) is 14.0. The van der Waals surface area contributed by atoms with Crippen molar-refractivity contribution >= 4 is 5.95 Å². The lowest BCUT2D eigenvalue weighted by Crippen LogP contribution is -2.34. The van der Waals surface area contributed by atoms with Gasteiger partial charge < -0.3 is 4.90 Å². The maximum Gasteiger partial charge on any atom is 0.225 e. The van der Waals surface area contributed by atoms with Crippen molar-refractivity contribution in [3.8, 4) is 0 Å². The van der Waals surface area contributed by atoms with Crippen molar-refractivity contribution < 1.29 is 0 Å². The first-order valence-corrected chi connectivity index (χ1v) is 8.93. The van der Waals surface area contributed by atoms with Crippen LogP contribution in [0, 0.1) is 0 Å². The molecule has 4 heterocycles. The molecule has 2 aromatic heterocycles. The maximum atomic E-state index is 4.79. The average molecular weight is 324 g/mol. The highest BCUT2D eigenvalue weighted by atomic mass is 15.3. The Bertz CT molecular complexity index is 656. The Morgan fingerprint density at radius 2 is 1.92 bits per heavy atom. The van der Waals surface area contributed by atoms with Crippen molar-refractivity contribution in [2.75, 3.05) is 31.1 Å². The highest BCUT2D eigenvalue weighted by Crippen LogP contribution is 2.26. The van der Waals surface area contributed by atoms with Crippen molar-refractivity contribution in [3.63, 3.8) is 0 Å². The third-order valence-corrected chi connectivity index (χ3v) is 5.00. The van der Waals surface area contributed by atoms with Crippen LogP contribution in [0.25, 0.3) is 0 Å². The van der Waals surface area contributed by atoms with Gasteiger partial charge in [-0.25, -0.2) is 19.9 Å². The zero-order valence-corrected chi connectivity index (χ0v) is 14.0. The molecule has 126 valence electrons. The van der Waals surface area contributed by atoms with Gasteiger partial charge in [0.1, 0.15) is 6.33 Å². The Labute approximate surface area is 143 Å². The SMILES string of the molecule is c1cc([C@@H]2CCCN(Cc3ccnc(N4CCCC4)n3)C2)ncn1. The minimum Gasteiger partial charge on any atom is -0.341 e. The lowest BCUT2D eigenvalue weighted by atomic mass is 9.94. The van der Waals surface area contributed by atoms with Crippen LogP contribution in [0.3, 0.4) is 0 Å². The fourth-order valence-electron chi connectivity index (χ4n) is 3.75. The molecule has 0 radical (unpaired) electrons. The number of nitrogens with zero attached hydrogens (tertiary/aromatic N) is 6. The Morgan fingerprint density at radius 3 is 2.75 bits per heavy atom. The van der Waals surface area contributed by atoms with Crippen LogP contribution < -0.4 is 4.90 Å². The molecule has 2 aromatic rings. The second kappa shape index (κ2) is 7.21. The lowest BCUT2D eigenvalue weighted by molar-refractivity contribution is 0.196. The van der Waals surface area contributed by atoms with E-state index in [9.17, 15) is 0 Å². The summed E-state index contributed by atoms with van der Waals surface area (Å²) in [6.07, 6.45) is 10.3. The highest BCUT2D eigenvalue weighted by Gasteiger charge is 2.23. The molecule has 4 rings (SSSR count). The van der Waals surface area contributed by atoms with Gasteiger partial charge in [0.2, 0.25) is 5.95 Å². The van der Waals surface area contributed by atoms with Gasteiger partial charge >= 0.3 is 0 Å². The Balaban J connectivity index is 1.42. The summed E-state index contributed by atoms with van der Waals surface area (Å²) in [5.41, 5.74) is 2.28. The summed E-state index contributed by atoms with van der Waals surface area (Å²) in [5, 5.41) is 0. The number of hydrogen-bond acceptors (Lipinski definition) is 6. The van der Waals surface area contributed by atoms with E-state index >= 15 is 0 Å². The first-order chi connectivity index (χ1) is 11.9. The number of likely N-dealkylation sites (tertiary alicyclic amines) is 1. The zero-order chi connectivity index (χ0) is 16.2. The van der Waals surface area contributed by atoms with Crippen LogP contribution in [0.5, 0.6) is 0 Å². The summed E-state index contributed by atoms with van der Waals surface area (Å²) in [4.78, 5) is 22.5. The molecule has 0 bridgehead atoms. The summed E-state index contributed by atoms with van der Waals surface area (Å²) in [6.45, 7) is 5.24. The van der Waals surface area contributed by atoms with E-state index in [-0.39, 0.29) is 0 Å². The van der Waals surface area contributed by atoms with Gasteiger partial charge in [-0.1, -0.05) is 0 Å². The molecular weight excluding hydrogens is 300 g/mol. The van der Waals surface area contributed by atoms with Gasteiger partial charge in [0.15, 0.2) is 0 Å². The predicted molar refractivity (Wildman–Crippen MR) is 92.8 cm³/mol. The molecular formula is C18H24N6. The average Bonchev–Trinajstić information content (AvgIpc) is 3.18. The fraction of sp³-hybridized carbons (Fsp3) is 0.556. The Hall–Kier alpha value is -2.08. The van der Waals surface area contributed by atoms with E-state index in [4.69, 9.17) is 4.98 Å². The van der Waals surface area contributed by atoms with E-state index in [0.29, 0.717) is 5.92 Å². The van der Waals surface area contributed by atoms with Crippen LogP contribution in [0.1, 0.15) is 43.0 Å². The van der Waals surface area contributed by atoms with Gasteiger partial charge in [0.05, 0.1) is 5.69 Å². The molecule has 2 aliphatic heterocycles. The summed E-state index contributed by atoms with van der Waals surface area (Å²) < 4.78 is 0. The van der Waals surface area contributed by atoms with Gasteiger partial charge in [-0.2, -0.15) is 0 Å². The minimum absolute atomic E-state index is 0.502. The van der Waals surface area contributed by atoms with Crippen molar-refractivity contribution in [1.82, 2.24) is 24.8 Å². The summed E-state index contributed by atoms with van der Waals surface area (Å²) in [6, 6.07) is 4.10. The standard InChI is InChI=1S/C18H24N6/c1-2-11-24(10-1)18-20-8-5-16(22-18)13-23-9-3-4-15(12-23)17-6-7-19-14-21-17/h5-8,14-15H,1-4,9-13H2/t15-/m1/s1. The molecule has 0 aromatic carbocycles. The predicted octanol–water partition coefficient (Wildman–Crippen LogP) is 2.25. The third-order valence-electron chi connectivity index (χ3n) is 5.00. The molecule has 24 heavy (non-hydrogen) atoms. The second-order valence-corrected chi connectivity index (χ2v) is 6.75. The summed E-state index contributed by atoms with van der Waals surface area (Å²) in [7, 11) is 0. The van der Waals surface area contributed by atoms with Crippen LogP contribution in [0.15, 0.2) is 30.9 Å². The number of hydrogen-bond donors (Lipinski definition) is 0. The first-order valence-electron chi connectivity index (χ1n) is 8.93. The molecule has 0 spiro atoms. The molecule has 0 saturated carbocycles. The van der Waals surface area contributed by atoms with Crippen LogP contribution in [-0.2, 0) is 6.54 Å². The third kappa shape index (κ3) is 3.53. The molecule has 1 atom stereocenters. The number of rotatable bonds is 4. The van der Waals surface area contributed by atoms with E-state index in [1.807, 2.05) is 24.5 Å². The van der Waals surface area contributed by atoms with Gasteiger partial charge in [0.25, 0.3) is 0 Å². The van der Waals surface area contributed by atoms with Crippen molar-refractivity contribution in [1.29, 1.82) is 0 Å². The molecule has 6 heteroatoms. The molecule has 0 unspecified atom stereocenters. The molecule has 0 N–H and O–H groups in total. The van der Waals surface area contributed by atoms with Crippen LogP contribution in [0.2, 0.25) is 0 Å². The molecule has 2 aliphatic rings. The van der Waals surface area contributed by atoms with Gasteiger partial charge in [-0.3, -0.25) is 4.90 Å². The molecule has 6 nitrogen and oxygen atoms in total. The summed E-state index contributed by atoms with van der Waals surface area (Å²) >= 11 is 0. The van der Waals surface area contributed by atoms with Crippen molar-refractivity contribution in [3.05, 3.63) is 42.2 Å². The first kappa shape index (κ1) is 15.4. The van der Waals surface area contributed by atoms with E-state index < -0.39 is 0 Å². The lowest BCUT2D eigenvalue weighted by Gasteiger charge is -2.32. The maximum absolute atomic E-state index is 4.79. The van der Waals surface area contributed by atoms with Crippen LogP contribution >= 0.6 is 0 Å². The Morgan fingerprint density at radius 1 is 1.00 bits per heavy atom. The van der Waals surface area contributed by atoms with E-state index in [0.717, 1.165) is 50.1 Å². The van der Waals surface area contributed by atoms with Gasteiger partial charge in [0, 0.05) is 50.2 Å². The van der Waals surface area contributed by atoms with E-state index in [1.54, 1.807) is 6.33 Å². The monoisotopic (exact) mass is 324 g/mol. The van der Waals surface area contributed by atoms with Crippen LogP contribution in [0.4, 0.5) is 5.95 Å². The van der Waals surface area contributed by atoms with Crippen molar-refractivity contribution in [2.24, 2.45) is 0 Å². The van der Waals surface area contributed by atoms with Crippen molar-refractivity contribution in [2.45, 2.75) is 38.1 Å². The van der Waals surface area contributed by atoms with E-state index in [2.05, 4.69) is 24.8 Å². The smallest absolute Gasteiger partial charge is 0.225 e. The molecule has 0 amide bonds. The van der Waals surface area contributed by atoms with Gasteiger partial charge in [-0.05, 0) is 44.4 Å². The second-order valence-electron chi connectivity index (χ2n) is 6.75. The fourth-order valence-corrected chi connectivity index (χ4v) is 3.75. The minimum atomic E-state index is 0.502. The van der Waals surface area contributed by atoms with Crippen LogP contribution in [-0.4, -0.2) is 51.0 Å². The largest absolute Gasteiger partial charge is 0.341 e. The normalized spacial score (nSPS) is 22.0. The quantitative estimate of drug-likeness (QED) is 0.860. The number of anilines is 1. The highest BCUT2D eigenvalue weighted by molar-refractivity contribution is 5.31. The molecule has 2 fully saturated rings. The summed E-state index contributed by atoms with van der Waals surface area (Å²) in [5.74, 6) is 1.40. The topological polar surface area (TPSA) is 58.0 Å². The molecule has 2 saturated heterocycles. The van der Waals surface area contributed by atoms with E-state index in [1.165, 1.54) is 25.7 Å². The Kier molecular flexibility index (Phi) is 4.64. The van der Waals surface area contributed by atoms with Gasteiger partial charge in [-0.15, -0.1) is 0 Å². The molecule has 0 aliphatic carbocycles. The number of piperidine rings is 1.